The fourth-order valence-corrected chi connectivity index (χ4v) is 2.47. The van der Waals surface area contributed by atoms with Crippen molar-refractivity contribution in [1.29, 1.82) is 5.41 Å². The van der Waals surface area contributed by atoms with Gasteiger partial charge in [0.15, 0.2) is 5.13 Å². The van der Waals surface area contributed by atoms with Gasteiger partial charge in [0.05, 0.1) is 11.5 Å². The average Bonchev–Trinajstić information content (AvgIpc) is 2.65. The third-order valence-corrected chi connectivity index (χ3v) is 3.32. The van der Waals surface area contributed by atoms with E-state index in [9.17, 15) is 0 Å². The Kier molecular flexibility index (Phi) is 4.73. The zero-order valence-corrected chi connectivity index (χ0v) is 11.0. The van der Waals surface area contributed by atoms with Crippen LogP contribution in [-0.2, 0) is 6.42 Å². The molecule has 1 heterocycles. The summed E-state index contributed by atoms with van der Waals surface area (Å²) in [6.07, 6.45) is 1.56. The van der Waals surface area contributed by atoms with Gasteiger partial charge in [0.2, 0.25) is 0 Å². The minimum absolute atomic E-state index is 0.234. The summed E-state index contributed by atoms with van der Waals surface area (Å²) in [5.74, 6) is 0.234. The molecule has 1 rings (SSSR count). The molecule has 4 nitrogen and oxygen atoms in total. The Morgan fingerprint density at radius 3 is 2.75 bits per heavy atom. The predicted molar refractivity (Wildman–Crippen MR) is 70.5 cm³/mol. The van der Waals surface area contributed by atoms with E-state index in [-0.39, 0.29) is 5.84 Å². The van der Waals surface area contributed by atoms with Crippen molar-refractivity contribution >= 4 is 22.3 Å². The molecule has 0 spiro atoms. The first kappa shape index (κ1) is 13.0. The van der Waals surface area contributed by atoms with Crippen LogP contribution in [0.25, 0.3) is 0 Å². The van der Waals surface area contributed by atoms with E-state index in [0.29, 0.717) is 12.5 Å². The van der Waals surface area contributed by atoms with Crippen molar-refractivity contribution < 1.29 is 0 Å². The Balaban J connectivity index is 2.72. The molecule has 0 bridgehead atoms. The lowest BCUT2D eigenvalue weighted by molar-refractivity contribution is 0.685. The monoisotopic (exact) mass is 240 g/mol. The molecule has 0 aliphatic carbocycles. The van der Waals surface area contributed by atoms with E-state index in [1.165, 1.54) is 0 Å². The highest BCUT2D eigenvalue weighted by molar-refractivity contribution is 7.13. The third kappa shape index (κ3) is 3.48. The number of hydrogen-bond acceptors (Lipinski definition) is 4. The zero-order chi connectivity index (χ0) is 12.1. The van der Waals surface area contributed by atoms with E-state index >= 15 is 0 Å². The fraction of sp³-hybridized carbons (Fsp3) is 0.636. The maximum atomic E-state index is 7.27. The highest BCUT2D eigenvalue weighted by Crippen LogP contribution is 2.22. The van der Waals surface area contributed by atoms with Gasteiger partial charge in [-0.1, -0.05) is 6.92 Å². The van der Waals surface area contributed by atoms with Crippen molar-refractivity contribution in [2.45, 2.75) is 39.7 Å². The van der Waals surface area contributed by atoms with E-state index in [1.54, 1.807) is 11.3 Å². The Morgan fingerprint density at radius 2 is 2.31 bits per heavy atom. The van der Waals surface area contributed by atoms with Gasteiger partial charge in [-0.3, -0.25) is 5.41 Å². The summed E-state index contributed by atoms with van der Waals surface area (Å²) in [5, 5.41) is 10.4. The number of anilines is 1. The maximum absolute atomic E-state index is 7.27. The molecule has 0 saturated heterocycles. The summed E-state index contributed by atoms with van der Waals surface area (Å²) in [6.45, 7) is 7.14. The minimum atomic E-state index is 0.234. The predicted octanol–water partition coefficient (Wildman–Crippen LogP) is 2.25. The number of nitrogens with zero attached hydrogens (tertiary/aromatic N) is 2. The molecule has 0 unspecified atom stereocenters. The highest BCUT2D eigenvalue weighted by atomic mass is 32.1. The number of nitrogens with two attached hydrogens (primary N) is 1. The van der Waals surface area contributed by atoms with Gasteiger partial charge in [-0.2, -0.15) is 0 Å². The second kappa shape index (κ2) is 5.84. The summed E-state index contributed by atoms with van der Waals surface area (Å²) in [7, 11) is 0. The van der Waals surface area contributed by atoms with Gasteiger partial charge in [-0.25, -0.2) is 4.98 Å². The second-order valence-electron chi connectivity index (χ2n) is 4.04. The van der Waals surface area contributed by atoms with E-state index in [2.05, 4.69) is 36.0 Å². The van der Waals surface area contributed by atoms with Gasteiger partial charge < -0.3 is 10.6 Å². The molecular formula is C11H20N4S. The van der Waals surface area contributed by atoms with Gasteiger partial charge in [-0.05, 0) is 20.3 Å². The summed E-state index contributed by atoms with van der Waals surface area (Å²) < 4.78 is 0. The van der Waals surface area contributed by atoms with Crippen molar-refractivity contribution in [1.82, 2.24) is 4.98 Å². The fourth-order valence-electron chi connectivity index (χ4n) is 1.41. The van der Waals surface area contributed by atoms with Crippen LogP contribution in [0.3, 0.4) is 0 Å². The molecule has 0 amide bonds. The average molecular weight is 240 g/mol. The van der Waals surface area contributed by atoms with Crippen molar-refractivity contribution in [3.8, 4) is 0 Å². The van der Waals surface area contributed by atoms with Crippen LogP contribution in [0, 0.1) is 5.41 Å². The van der Waals surface area contributed by atoms with Gasteiger partial charge in [-0.15, -0.1) is 11.3 Å². The van der Waals surface area contributed by atoms with Crippen LogP contribution in [0.1, 0.15) is 32.9 Å². The second-order valence-corrected chi connectivity index (χ2v) is 4.87. The quantitative estimate of drug-likeness (QED) is 0.592. The molecule has 0 aromatic carbocycles. The first-order valence-electron chi connectivity index (χ1n) is 5.58. The van der Waals surface area contributed by atoms with Crippen LogP contribution in [-0.4, -0.2) is 23.4 Å². The molecule has 1 aromatic heterocycles. The Labute approximate surface area is 101 Å². The number of aromatic nitrogens is 1. The standard InChI is InChI=1S/C11H20N4S/c1-4-9-7-16-11(14-9)15(8(2)3)6-5-10(12)13/h7-8H,4-6H2,1-3H3,(H3,12,13). The SMILES string of the molecule is CCc1csc(N(CCC(=N)N)C(C)C)n1. The lowest BCUT2D eigenvalue weighted by atomic mass is 10.3. The third-order valence-electron chi connectivity index (χ3n) is 2.39. The topological polar surface area (TPSA) is 66.0 Å². The van der Waals surface area contributed by atoms with Crippen molar-refractivity contribution in [3.05, 3.63) is 11.1 Å². The van der Waals surface area contributed by atoms with Gasteiger partial charge in [0.1, 0.15) is 0 Å². The molecule has 0 aliphatic rings. The minimum Gasteiger partial charge on any atom is -0.388 e. The van der Waals surface area contributed by atoms with Gasteiger partial charge in [0.25, 0.3) is 0 Å². The van der Waals surface area contributed by atoms with E-state index in [0.717, 1.165) is 23.8 Å². The Bertz CT molecular complexity index is 346. The Morgan fingerprint density at radius 1 is 1.62 bits per heavy atom. The normalized spacial score (nSPS) is 10.8. The van der Waals surface area contributed by atoms with Crippen LogP contribution in [0.15, 0.2) is 5.38 Å². The van der Waals surface area contributed by atoms with Gasteiger partial charge >= 0.3 is 0 Å². The molecule has 16 heavy (non-hydrogen) atoms. The number of hydrogen-bond donors (Lipinski definition) is 2. The highest BCUT2D eigenvalue weighted by Gasteiger charge is 2.14. The van der Waals surface area contributed by atoms with Crippen LogP contribution < -0.4 is 10.6 Å². The number of nitrogens with one attached hydrogen (secondary N) is 1. The lowest BCUT2D eigenvalue weighted by Gasteiger charge is -2.25. The largest absolute Gasteiger partial charge is 0.388 e. The number of amidine groups is 1. The first-order chi connectivity index (χ1) is 7.54. The molecule has 0 aliphatic heterocycles. The smallest absolute Gasteiger partial charge is 0.185 e. The molecule has 5 heteroatoms. The molecule has 0 fully saturated rings. The summed E-state index contributed by atoms with van der Waals surface area (Å²) in [4.78, 5) is 6.76. The van der Waals surface area contributed by atoms with Crippen LogP contribution in [0.4, 0.5) is 5.13 Å². The van der Waals surface area contributed by atoms with Crippen molar-refractivity contribution in [3.63, 3.8) is 0 Å². The number of rotatable bonds is 6. The van der Waals surface area contributed by atoms with Crippen LogP contribution >= 0.6 is 11.3 Å². The molecule has 90 valence electrons. The van der Waals surface area contributed by atoms with Crippen molar-refractivity contribution in [2.75, 3.05) is 11.4 Å². The molecule has 0 atom stereocenters. The van der Waals surface area contributed by atoms with E-state index < -0.39 is 0 Å². The summed E-state index contributed by atoms with van der Waals surface area (Å²) in [5.41, 5.74) is 6.52. The molecule has 0 saturated carbocycles. The van der Waals surface area contributed by atoms with E-state index in [1.807, 2.05) is 0 Å². The molecule has 3 N–H and O–H groups in total. The maximum Gasteiger partial charge on any atom is 0.185 e. The molecular weight excluding hydrogens is 220 g/mol. The van der Waals surface area contributed by atoms with Gasteiger partial charge in [0, 0.05) is 24.4 Å². The zero-order valence-electron chi connectivity index (χ0n) is 10.2. The summed E-state index contributed by atoms with van der Waals surface area (Å²) in [6, 6.07) is 0.384. The number of thiazole rings is 1. The first-order valence-corrected chi connectivity index (χ1v) is 6.46. The van der Waals surface area contributed by atoms with Crippen LogP contribution in [0.2, 0.25) is 0 Å². The number of aryl methyl sites for hydroxylation is 1. The molecule has 0 radical (unpaired) electrons. The van der Waals surface area contributed by atoms with Crippen LogP contribution in [0.5, 0.6) is 0 Å². The lowest BCUT2D eigenvalue weighted by Crippen LogP contribution is -2.33. The van der Waals surface area contributed by atoms with E-state index in [4.69, 9.17) is 11.1 Å². The summed E-state index contributed by atoms with van der Waals surface area (Å²) >= 11 is 1.67. The van der Waals surface area contributed by atoms with Crippen molar-refractivity contribution in [2.24, 2.45) is 5.73 Å². The molecule has 1 aromatic rings. The Hall–Kier alpha value is -1.10.